The Balaban J connectivity index is 1.74. The van der Waals surface area contributed by atoms with E-state index in [1.54, 1.807) is 23.9 Å². The maximum absolute atomic E-state index is 13.2. The van der Waals surface area contributed by atoms with Gasteiger partial charge < -0.3 is 10.5 Å². The summed E-state index contributed by atoms with van der Waals surface area (Å²) in [5.41, 5.74) is 6.53. The molecule has 1 aromatic heterocycles. The van der Waals surface area contributed by atoms with Crippen LogP contribution < -0.4 is 5.73 Å². The number of rotatable bonds is 7. The van der Waals surface area contributed by atoms with Crippen LogP contribution in [-0.4, -0.2) is 40.3 Å². The van der Waals surface area contributed by atoms with Gasteiger partial charge in [-0.15, -0.1) is 10.2 Å². The number of hydrogen-bond donors (Lipinski definition) is 1. The van der Waals surface area contributed by atoms with Gasteiger partial charge in [-0.25, -0.2) is 4.39 Å². The standard InChI is InChI=1S/C16H21FN4OS/c17-13-1-3-14(4-2-13)21-15(5-8-18)19-20-16(21)23-10-7-12-6-9-22-11-12/h1-4,12H,5-11,18H2/t12-/m1/s1. The van der Waals surface area contributed by atoms with Gasteiger partial charge in [0, 0.05) is 31.1 Å². The molecule has 1 aliphatic rings. The summed E-state index contributed by atoms with van der Waals surface area (Å²) in [6.45, 7) is 2.24. The number of nitrogens with zero attached hydrogens (tertiary/aromatic N) is 3. The lowest BCUT2D eigenvalue weighted by Gasteiger charge is -2.11. The molecule has 2 aromatic rings. The van der Waals surface area contributed by atoms with Crippen LogP contribution in [0.3, 0.4) is 0 Å². The van der Waals surface area contributed by atoms with Crippen molar-refractivity contribution in [3.8, 4) is 5.69 Å². The quantitative estimate of drug-likeness (QED) is 0.787. The summed E-state index contributed by atoms with van der Waals surface area (Å²) in [5, 5.41) is 9.37. The van der Waals surface area contributed by atoms with Crippen LogP contribution in [0, 0.1) is 11.7 Å². The van der Waals surface area contributed by atoms with Crippen LogP contribution >= 0.6 is 11.8 Å². The van der Waals surface area contributed by atoms with Crippen LogP contribution in [0.1, 0.15) is 18.7 Å². The molecule has 0 aliphatic carbocycles. The zero-order chi connectivity index (χ0) is 16.1. The van der Waals surface area contributed by atoms with Gasteiger partial charge in [0.05, 0.1) is 0 Å². The van der Waals surface area contributed by atoms with Gasteiger partial charge in [0.25, 0.3) is 0 Å². The molecule has 0 saturated carbocycles. The first-order valence-corrected chi connectivity index (χ1v) is 8.87. The molecule has 3 rings (SSSR count). The summed E-state index contributed by atoms with van der Waals surface area (Å²) in [5.74, 6) is 2.17. The minimum absolute atomic E-state index is 0.252. The molecular weight excluding hydrogens is 315 g/mol. The fraction of sp³-hybridized carbons (Fsp3) is 0.500. The number of benzene rings is 1. The van der Waals surface area contributed by atoms with Crippen molar-refractivity contribution in [3.63, 3.8) is 0 Å². The number of aromatic nitrogens is 3. The van der Waals surface area contributed by atoms with Gasteiger partial charge >= 0.3 is 0 Å². The molecule has 2 heterocycles. The highest BCUT2D eigenvalue weighted by Gasteiger charge is 2.17. The van der Waals surface area contributed by atoms with E-state index in [1.807, 2.05) is 4.57 Å². The van der Waals surface area contributed by atoms with Crippen molar-refractivity contribution < 1.29 is 9.13 Å². The van der Waals surface area contributed by atoms with E-state index in [0.29, 0.717) is 18.9 Å². The van der Waals surface area contributed by atoms with Gasteiger partial charge in [-0.2, -0.15) is 0 Å². The van der Waals surface area contributed by atoms with Gasteiger partial charge in [-0.3, -0.25) is 4.57 Å². The first kappa shape index (κ1) is 16.4. The topological polar surface area (TPSA) is 66.0 Å². The Kier molecular flexibility index (Phi) is 5.64. The Morgan fingerprint density at radius 3 is 2.83 bits per heavy atom. The van der Waals surface area contributed by atoms with Gasteiger partial charge in [-0.1, -0.05) is 11.8 Å². The third-order valence-electron chi connectivity index (χ3n) is 3.93. The number of halogens is 1. The van der Waals surface area contributed by atoms with Crippen LogP contribution in [0.4, 0.5) is 4.39 Å². The van der Waals surface area contributed by atoms with Gasteiger partial charge in [-0.05, 0) is 49.6 Å². The Hall–Kier alpha value is -1.44. The fourth-order valence-corrected chi connectivity index (χ4v) is 3.73. The molecule has 23 heavy (non-hydrogen) atoms. The van der Waals surface area contributed by atoms with Crippen LogP contribution in [-0.2, 0) is 11.2 Å². The Morgan fingerprint density at radius 1 is 1.30 bits per heavy atom. The lowest BCUT2D eigenvalue weighted by atomic mass is 10.1. The third kappa shape index (κ3) is 4.10. The van der Waals surface area contributed by atoms with Crippen molar-refractivity contribution in [1.29, 1.82) is 0 Å². The molecule has 5 nitrogen and oxygen atoms in total. The predicted molar refractivity (Wildman–Crippen MR) is 88.3 cm³/mol. The van der Waals surface area contributed by atoms with Crippen molar-refractivity contribution in [3.05, 3.63) is 35.9 Å². The molecule has 0 spiro atoms. The molecular formula is C16H21FN4OS. The smallest absolute Gasteiger partial charge is 0.195 e. The third-order valence-corrected chi connectivity index (χ3v) is 4.90. The summed E-state index contributed by atoms with van der Waals surface area (Å²) >= 11 is 1.68. The van der Waals surface area contributed by atoms with E-state index < -0.39 is 0 Å². The molecule has 124 valence electrons. The van der Waals surface area contributed by atoms with Crippen molar-refractivity contribution >= 4 is 11.8 Å². The molecule has 1 aliphatic heterocycles. The second kappa shape index (κ2) is 7.90. The second-order valence-electron chi connectivity index (χ2n) is 5.62. The average Bonchev–Trinajstić information content (AvgIpc) is 3.19. The zero-order valence-electron chi connectivity index (χ0n) is 12.9. The van der Waals surface area contributed by atoms with Crippen molar-refractivity contribution in [2.45, 2.75) is 24.4 Å². The summed E-state index contributed by atoms with van der Waals surface area (Å²) in [7, 11) is 0. The van der Waals surface area contributed by atoms with Crippen LogP contribution in [0.15, 0.2) is 29.4 Å². The zero-order valence-corrected chi connectivity index (χ0v) is 13.8. The summed E-state index contributed by atoms with van der Waals surface area (Å²) < 4.78 is 20.6. The number of hydrogen-bond acceptors (Lipinski definition) is 5. The van der Waals surface area contributed by atoms with Gasteiger partial charge in [0.15, 0.2) is 5.16 Å². The van der Waals surface area contributed by atoms with Gasteiger partial charge in [0.1, 0.15) is 11.6 Å². The van der Waals surface area contributed by atoms with E-state index in [2.05, 4.69) is 10.2 Å². The lowest BCUT2D eigenvalue weighted by Crippen LogP contribution is -2.10. The summed E-state index contributed by atoms with van der Waals surface area (Å²) in [4.78, 5) is 0. The molecule has 0 unspecified atom stereocenters. The van der Waals surface area contributed by atoms with Gasteiger partial charge in [0.2, 0.25) is 0 Å². The van der Waals surface area contributed by atoms with Crippen LogP contribution in [0.2, 0.25) is 0 Å². The van der Waals surface area contributed by atoms with E-state index in [4.69, 9.17) is 10.5 Å². The molecule has 1 atom stereocenters. The molecule has 0 bridgehead atoms. The summed E-state index contributed by atoms with van der Waals surface area (Å²) in [6, 6.07) is 6.39. The van der Waals surface area contributed by atoms with E-state index in [0.717, 1.165) is 48.5 Å². The van der Waals surface area contributed by atoms with E-state index in [-0.39, 0.29) is 5.82 Å². The number of thioether (sulfide) groups is 1. The highest BCUT2D eigenvalue weighted by Crippen LogP contribution is 2.26. The monoisotopic (exact) mass is 336 g/mol. The second-order valence-corrected chi connectivity index (χ2v) is 6.68. The molecule has 1 fully saturated rings. The lowest BCUT2D eigenvalue weighted by molar-refractivity contribution is 0.185. The minimum Gasteiger partial charge on any atom is -0.381 e. The molecule has 2 N–H and O–H groups in total. The first-order chi connectivity index (χ1) is 11.3. The van der Waals surface area contributed by atoms with Crippen LogP contribution in [0.25, 0.3) is 5.69 Å². The maximum Gasteiger partial charge on any atom is 0.195 e. The Bertz CT molecular complexity index is 626. The van der Waals surface area contributed by atoms with E-state index in [9.17, 15) is 4.39 Å². The van der Waals surface area contributed by atoms with E-state index >= 15 is 0 Å². The highest BCUT2D eigenvalue weighted by molar-refractivity contribution is 7.99. The average molecular weight is 336 g/mol. The Morgan fingerprint density at radius 2 is 2.13 bits per heavy atom. The maximum atomic E-state index is 13.2. The fourth-order valence-electron chi connectivity index (χ4n) is 2.66. The normalized spacial score (nSPS) is 17.7. The minimum atomic E-state index is -0.252. The van der Waals surface area contributed by atoms with E-state index in [1.165, 1.54) is 12.1 Å². The Labute approximate surface area is 139 Å². The molecule has 0 radical (unpaired) electrons. The molecule has 1 aromatic carbocycles. The van der Waals surface area contributed by atoms with Crippen molar-refractivity contribution in [2.75, 3.05) is 25.5 Å². The molecule has 0 amide bonds. The van der Waals surface area contributed by atoms with Crippen molar-refractivity contribution in [2.24, 2.45) is 11.7 Å². The number of ether oxygens (including phenoxy) is 1. The predicted octanol–water partition coefficient (Wildman–Crippen LogP) is 2.43. The number of nitrogens with two attached hydrogens (primary N) is 1. The molecule has 7 heteroatoms. The largest absolute Gasteiger partial charge is 0.381 e. The van der Waals surface area contributed by atoms with Crippen molar-refractivity contribution in [1.82, 2.24) is 14.8 Å². The SMILES string of the molecule is NCCc1nnc(SCC[C@H]2CCOC2)n1-c1ccc(F)cc1. The molecule has 1 saturated heterocycles. The highest BCUT2D eigenvalue weighted by atomic mass is 32.2. The summed E-state index contributed by atoms with van der Waals surface area (Å²) in [6.07, 6.45) is 2.89. The first-order valence-electron chi connectivity index (χ1n) is 7.89. The van der Waals surface area contributed by atoms with Crippen LogP contribution in [0.5, 0.6) is 0 Å².